The van der Waals surface area contributed by atoms with Crippen molar-refractivity contribution < 1.29 is 9.59 Å². The Hall–Kier alpha value is -1.88. The van der Waals surface area contributed by atoms with Gasteiger partial charge < -0.3 is 15.5 Å². The van der Waals surface area contributed by atoms with Gasteiger partial charge in [-0.2, -0.15) is 0 Å². The summed E-state index contributed by atoms with van der Waals surface area (Å²) in [6.07, 6.45) is 2.17. The second kappa shape index (κ2) is 6.72. The van der Waals surface area contributed by atoms with Gasteiger partial charge >= 0.3 is 0 Å². The summed E-state index contributed by atoms with van der Waals surface area (Å²) in [5.41, 5.74) is 1.23. The van der Waals surface area contributed by atoms with Gasteiger partial charge in [0.05, 0.1) is 6.04 Å². The van der Waals surface area contributed by atoms with Crippen molar-refractivity contribution in [2.75, 3.05) is 26.0 Å². The number of amides is 2. The highest BCUT2D eigenvalue weighted by Gasteiger charge is 2.27. The number of carbonyl (C=O) groups is 2. The van der Waals surface area contributed by atoms with Gasteiger partial charge in [0.2, 0.25) is 5.91 Å². The molecule has 0 bridgehead atoms. The topological polar surface area (TPSA) is 61.4 Å². The van der Waals surface area contributed by atoms with E-state index in [1.807, 2.05) is 0 Å². The molecule has 2 unspecified atom stereocenters. The van der Waals surface area contributed by atoms with Gasteiger partial charge in [0, 0.05) is 25.3 Å². The number of nitrogens with one attached hydrogen (secondary N) is 2. The smallest absolute Gasteiger partial charge is 0.253 e. The Bertz CT molecular complexity index is 528. The molecule has 21 heavy (non-hydrogen) atoms. The lowest BCUT2D eigenvalue weighted by atomic mass is 9.92. The predicted octanol–water partition coefficient (Wildman–Crippen LogP) is 1.71. The van der Waals surface area contributed by atoms with Crippen LogP contribution < -0.4 is 10.6 Å². The van der Waals surface area contributed by atoms with Crippen molar-refractivity contribution >= 4 is 17.5 Å². The first kappa shape index (κ1) is 15.5. The fourth-order valence-corrected chi connectivity index (χ4v) is 2.61. The van der Waals surface area contributed by atoms with E-state index in [0.717, 1.165) is 19.4 Å². The molecule has 1 saturated heterocycles. The van der Waals surface area contributed by atoms with E-state index in [1.165, 1.54) is 4.90 Å². The van der Waals surface area contributed by atoms with Crippen molar-refractivity contribution in [3.05, 3.63) is 29.8 Å². The van der Waals surface area contributed by atoms with Crippen LogP contribution in [0.2, 0.25) is 0 Å². The van der Waals surface area contributed by atoms with Gasteiger partial charge in [-0.25, -0.2) is 0 Å². The van der Waals surface area contributed by atoms with Crippen LogP contribution in [0.15, 0.2) is 24.3 Å². The van der Waals surface area contributed by atoms with E-state index in [2.05, 4.69) is 17.6 Å². The third-order valence-corrected chi connectivity index (χ3v) is 3.84. The lowest BCUT2D eigenvalue weighted by Gasteiger charge is -2.29. The second-order valence-electron chi connectivity index (χ2n) is 5.82. The Balaban J connectivity index is 2.07. The van der Waals surface area contributed by atoms with Gasteiger partial charge in [-0.15, -0.1) is 0 Å². The molecule has 1 aromatic rings. The number of nitrogens with zero attached hydrogens (tertiary/aromatic N) is 1. The number of rotatable bonds is 3. The van der Waals surface area contributed by atoms with Gasteiger partial charge in [-0.3, -0.25) is 9.59 Å². The SMILES string of the molecule is CC1CCCNC1C(=O)Nc1cccc(C(=O)N(C)C)c1. The molecule has 5 nitrogen and oxygen atoms in total. The molecule has 5 heteroatoms. The summed E-state index contributed by atoms with van der Waals surface area (Å²) < 4.78 is 0. The van der Waals surface area contributed by atoms with Crippen LogP contribution in [0.3, 0.4) is 0 Å². The predicted molar refractivity (Wildman–Crippen MR) is 83.3 cm³/mol. The molecule has 2 N–H and O–H groups in total. The van der Waals surface area contributed by atoms with E-state index in [9.17, 15) is 9.59 Å². The third kappa shape index (κ3) is 3.82. The van der Waals surface area contributed by atoms with E-state index >= 15 is 0 Å². The van der Waals surface area contributed by atoms with Crippen LogP contribution in [0, 0.1) is 5.92 Å². The maximum Gasteiger partial charge on any atom is 0.253 e. The molecule has 1 aliphatic rings. The largest absolute Gasteiger partial charge is 0.345 e. The summed E-state index contributed by atoms with van der Waals surface area (Å²) in [6, 6.07) is 6.89. The molecule has 1 aromatic carbocycles. The van der Waals surface area contributed by atoms with Crippen LogP contribution >= 0.6 is 0 Å². The molecular formula is C16H23N3O2. The molecule has 2 rings (SSSR count). The van der Waals surface area contributed by atoms with E-state index in [4.69, 9.17) is 0 Å². The first-order chi connectivity index (χ1) is 9.99. The molecule has 0 aliphatic carbocycles. The molecule has 114 valence electrons. The first-order valence-corrected chi connectivity index (χ1v) is 7.35. The summed E-state index contributed by atoms with van der Waals surface area (Å²) in [6.45, 7) is 2.96. The van der Waals surface area contributed by atoms with Crippen LogP contribution in [0.4, 0.5) is 5.69 Å². The van der Waals surface area contributed by atoms with Crippen LogP contribution in [-0.2, 0) is 4.79 Å². The zero-order chi connectivity index (χ0) is 15.4. The minimum atomic E-state index is -0.160. The van der Waals surface area contributed by atoms with Crippen LogP contribution in [0.5, 0.6) is 0 Å². The fourth-order valence-electron chi connectivity index (χ4n) is 2.61. The van der Waals surface area contributed by atoms with Gasteiger partial charge in [0.1, 0.15) is 0 Å². The monoisotopic (exact) mass is 289 g/mol. The quantitative estimate of drug-likeness (QED) is 0.890. The maximum absolute atomic E-state index is 12.3. The van der Waals surface area contributed by atoms with Crippen LogP contribution in [-0.4, -0.2) is 43.4 Å². The summed E-state index contributed by atoms with van der Waals surface area (Å²) in [5, 5.41) is 6.16. The van der Waals surface area contributed by atoms with Crippen molar-refractivity contribution in [1.82, 2.24) is 10.2 Å². The minimum absolute atomic E-state index is 0.0309. The zero-order valence-corrected chi connectivity index (χ0v) is 12.8. The highest BCUT2D eigenvalue weighted by Crippen LogP contribution is 2.18. The highest BCUT2D eigenvalue weighted by molar-refractivity contribution is 5.98. The number of carbonyl (C=O) groups excluding carboxylic acids is 2. The van der Waals surface area contributed by atoms with Crippen molar-refractivity contribution in [1.29, 1.82) is 0 Å². The molecule has 2 amide bonds. The Morgan fingerprint density at radius 1 is 1.33 bits per heavy atom. The van der Waals surface area contributed by atoms with E-state index in [0.29, 0.717) is 17.2 Å². The number of benzene rings is 1. The van der Waals surface area contributed by atoms with Crippen molar-refractivity contribution in [3.8, 4) is 0 Å². The van der Waals surface area contributed by atoms with E-state index < -0.39 is 0 Å². The zero-order valence-electron chi connectivity index (χ0n) is 12.8. The Kier molecular flexibility index (Phi) is 4.96. The van der Waals surface area contributed by atoms with E-state index in [-0.39, 0.29) is 17.9 Å². The number of hydrogen-bond donors (Lipinski definition) is 2. The summed E-state index contributed by atoms with van der Waals surface area (Å²) in [4.78, 5) is 25.8. The third-order valence-electron chi connectivity index (χ3n) is 3.84. The molecule has 0 aromatic heterocycles. The summed E-state index contributed by atoms with van der Waals surface area (Å²) in [5.74, 6) is 0.220. The molecular weight excluding hydrogens is 266 g/mol. The lowest BCUT2D eigenvalue weighted by molar-refractivity contribution is -0.119. The standard InChI is InChI=1S/C16H23N3O2/c1-11-6-5-9-17-14(11)15(20)18-13-8-4-7-12(10-13)16(21)19(2)3/h4,7-8,10-11,14,17H,5-6,9H2,1-3H3,(H,18,20). The summed E-state index contributed by atoms with van der Waals surface area (Å²) in [7, 11) is 3.42. The van der Waals surface area contributed by atoms with Gasteiger partial charge in [0.25, 0.3) is 5.91 Å². The maximum atomic E-state index is 12.3. The molecule has 1 heterocycles. The minimum Gasteiger partial charge on any atom is -0.345 e. The average molecular weight is 289 g/mol. The van der Waals surface area contributed by atoms with E-state index in [1.54, 1.807) is 38.4 Å². The number of anilines is 1. The molecule has 1 aliphatic heterocycles. The molecule has 0 saturated carbocycles. The number of piperidine rings is 1. The highest BCUT2D eigenvalue weighted by atomic mass is 16.2. The van der Waals surface area contributed by atoms with Crippen LogP contribution in [0.1, 0.15) is 30.1 Å². The molecule has 2 atom stereocenters. The first-order valence-electron chi connectivity index (χ1n) is 7.35. The Morgan fingerprint density at radius 3 is 2.76 bits per heavy atom. The van der Waals surface area contributed by atoms with Gasteiger partial charge in [-0.05, 0) is 43.5 Å². The average Bonchev–Trinajstić information content (AvgIpc) is 2.47. The van der Waals surface area contributed by atoms with Crippen LogP contribution in [0.25, 0.3) is 0 Å². The second-order valence-corrected chi connectivity index (χ2v) is 5.82. The van der Waals surface area contributed by atoms with Crippen molar-refractivity contribution in [2.45, 2.75) is 25.8 Å². The molecule has 0 radical (unpaired) electrons. The Labute approximate surface area is 125 Å². The van der Waals surface area contributed by atoms with Gasteiger partial charge in [-0.1, -0.05) is 13.0 Å². The molecule has 0 spiro atoms. The summed E-state index contributed by atoms with van der Waals surface area (Å²) >= 11 is 0. The van der Waals surface area contributed by atoms with Gasteiger partial charge in [0.15, 0.2) is 0 Å². The molecule has 1 fully saturated rings. The number of hydrogen-bond acceptors (Lipinski definition) is 3. The Morgan fingerprint density at radius 2 is 2.10 bits per heavy atom. The fraction of sp³-hybridized carbons (Fsp3) is 0.500. The van der Waals surface area contributed by atoms with Crippen molar-refractivity contribution in [3.63, 3.8) is 0 Å². The van der Waals surface area contributed by atoms with Crippen molar-refractivity contribution in [2.24, 2.45) is 5.92 Å². The normalized spacial score (nSPS) is 21.7. The lowest BCUT2D eigenvalue weighted by Crippen LogP contribution is -2.48.